The van der Waals surface area contributed by atoms with Crippen molar-refractivity contribution in [3.05, 3.63) is 28.8 Å². The number of alkyl halides is 3. The van der Waals surface area contributed by atoms with Gasteiger partial charge in [0.15, 0.2) is 0 Å². The number of halogens is 4. The molecule has 0 spiro atoms. The minimum Gasteiger partial charge on any atom is -0.325 e. The lowest BCUT2D eigenvalue weighted by atomic mass is 10.0. The number of hydrogen-bond donors (Lipinski definition) is 2. The maximum Gasteiger partial charge on any atom is 0.416 e. The first-order valence-electron chi connectivity index (χ1n) is 6.04. The van der Waals surface area contributed by atoms with Crippen molar-refractivity contribution in [2.75, 3.05) is 5.32 Å². The third kappa shape index (κ3) is 5.02. The first-order chi connectivity index (χ1) is 9.09. The van der Waals surface area contributed by atoms with Crippen LogP contribution in [-0.4, -0.2) is 11.9 Å². The van der Waals surface area contributed by atoms with Crippen LogP contribution in [0.3, 0.4) is 0 Å². The summed E-state index contributed by atoms with van der Waals surface area (Å²) >= 11 is 5.62. The molecule has 112 valence electrons. The molecule has 0 radical (unpaired) electrons. The maximum atomic E-state index is 12.6. The molecule has 0 saturated carbocycles. The van der Waals surface area contributed by atoms with Gasteiger partial charge in [0.2, 0.25) is 5.91 Å². The monoisotopic (exact) mass is 308 g/mol. The molecular formula is C13H16ClF3N2O. The van der Waals surface area contributed by atoms with Crippen molar-refractivity contribution in [2.45, 2.75) is 32.5 Å². The summed E-state index contributed by atoms with van der Waals surface area (Å²) in [6.07, 6.45) is -4.08. The number of carbonyl (C=O) groups is 1. The molecule has 20 heavy (non-hydrogen) atoms. The van der Waals surface area contributed by atoms with Gasteiger partial charge in [-0.1, -0.05) is 25.4 Å². The molecule has 0 aliphatic carbocycles. The molecule has 0 bridgehead atoms. The Morgan fingerprint density at radius 1 is 1.35 bits per heavy atom. The van der Waals surface area contributed by atoms with Crippen LogP contribution in [0.2, 0.25) is 5.02 Å². The smallest absolute Gasteiger partial charge is 0.325 e. The average molecular weight is 309 g/mol. The first-order valence-corrected chi connectivity index (χ1v) is 6.41. The van der Waals surface area contributed by atoms with E-state index in [9.17, 15) is 18.0 Å². The molecule has 3 nitrogen and oxygen atoms in total. The van der Waals surface area contributed by atoms with E-state index >= 15 is 0 Å². The number of rotatable bonds is 4. The van der Waals surface area contributed by atoms with Gasteiger partial charge in [0.05, 0.1) is 11.6 Å². The Balaban J connectivity index is 2.88. The van der Waals surface area contributed by atoms with Gasteiger partial charge in [0, 0.05) is 10.7 Å². The van der Waals surface area contributed by atoms with Crippen LogP contribution in [0.15, 0.2) is 18.2 Å². The van der Waals surface area contributed by atoms with Crippen LogP contribution in [0.4, 0.5) is 18.9 Å². The number of carbonyl (C=O) groups excluding carboxylic acids is 1. The molecule has 0 aliphatic rings. The third-order valence-corrected chi connectivity index (χ3v) is 2.77. The molecule has 1 amide bonds. The Labute approximate surface area is 120 Å². The molecule has 0 aliphatic heterocycles. The van der Waals surface area contributed by atoms with Gasteiger partial charge in [-0.05, 0) is 30.5 Å². The Kier molecular flexibility index (Phi) is 5.42. The molecule has 0 aromatic heterocycles. The zero-order valence-corrected chi connectivity index (χ0v) is 11.8. The summed E-state index contributed by atoms with van der Waals surface area (Å²) in [5.41, 5.74) is 4.72. The highest BCUT2D eigenvalue weighted by Gasteiger charge is 2.31. The molecule has 1 atom stereocenters. The lowest BCUT2D eigenvalue weighted by Crippen LogP contribution is -2.36. The quantitative estimate of drug-likeness (QED) is 0.891. The van der Waals surface area contributed by atoms with E-state index in [1.807, 2.05) is 13.8 Å². The predicted molar refractivity (Wildman–Crippen MR) is 72.5 cm³/mol. The molecule has 1 aromatic rings. The normalized spacial score (nSPS) is 13.4. The number of anilines is 1. The summed E-state index contributed by atoms with van der Waals surface area (Å²) in [5, 5.41) is 2.25. The fraction of sp³-hybridized carbons (Fsp3) is 0.462. The van der Waals surface area contributed by atoms with Crippen LogP contribution >= 0.6 is 11.6 Å². The highest BCUT2D eigenvalue weighted by atomic mass is 35.5. The number of nitrogens with one attached hydrogen (secondary N) is 1. The zero-order chi connectivity index (χ0) is 15.5. The summed E-state index contributed by atoms with van der Waals surface area (Å²) < 4.78 is 37.9. The number of amides is 1. The van der Waals surface area contributed by atoms with Crippen LogP contribution in [0.1, 0.15) is 25.8 Å². The highest BCUT2D eigenvalue weighted by Crippen LogP contribution is 2.33. The van der Waals surface area contributed by atoms with Crippen LogP contribution in [-0.2, 0) is 11.0 Å². The molecule has 7 heteroatoms. The van der Waals surface area contributed by atoms with Crippen molar-refractivity contribution in [3.8, 4) is 0 Å². The van der Waals surface area contributed by atoms with Crippen molar-refractivity contribution in [1.29, 1.82) is 0 Å². The second kappa shape index (κ2) is 6.45. The second-order valence-corrected chi connectivity index (χ2v) is 5.39. The first kappa shape index (κ1) is 16.8. The summed E-state index contributed by atoms with van der Waals surface area (Å²) in [4.78, 5) is 11.8. The molecular weight excluding hydrogens is 293 g/mol. The van der Waals surface area contributed by atoms with Crippen molar-refractivity contribution >= 4 is 23.2 Å². The van der Waals surface area contributed by atoms with Crippen LogP contribution in [0.5, 0.6) is 0 Å². The molecule has 0 saturated heterocycles. The maximum absolute atomic E-state index is 12.6. The van der Waals surface area contributed by atoms with Crippen molar-refractivity contribution in [3.63, 3.8) is 0 Å². The highest BCUT2D eigenvalue weighted by molar-refractivity contribution is 6.31. The van der Waals surface area contributed by atoms with Gasteiger partial charge in [-0.25, -0.2) is 0 Å². The summed E-state index contributed by atoms with van der Waals surface area (Å²) in [7, 11) is 0. The fourth-order valence-electron chi connectivity index (χ4n) is 1.68. The van der Waals surface area contributed by atoms with E-state index in [0.29, 0.717) is 6.42 Å². The van der Waals surface area contributed by atoms with Gasteiger partial charge < -0.3 is 11.1 Å². The Bertz CT molecular complexity index is 489. The van der Waals surface area contributed by atoms with Crippen molar-refractivity contribution in [1.82, 2.24) is 0 Å². The van der Waals surface area contributed by atoms with Crippen molar-refractivity contribution < 1.29 is 18.0 Å². The zero-order valence-electron chi connectivity index (χ0n) is 11.1. The largest absolute Gasteiger partial charge is 0.416 e. The van der Waals surface area contributed by atoms with Gasteiger partial charge >= 0.3 is 6.18 Å². The standard InChI is InChI=1S/C13H16ClF3N2O/c1-7(2)3-11(18)12(20)19-10-5-8(13(15,16)17)4-9(14)6-10/h4-7,11H,3,18H2,1-2H3,(H,19,20). The van der Waals surface area contributed by atoms with E-state index in [2.05, 4.69) is 5.32 Å². The molecule has 1 aromatic carbocycles. The average Bonchev–Trinajstić information content (AvgIpc) is 2.25. The summed E-state index contributed by atoms with van der Waals surface area (Å²) in [6, 6.07) is 2.09. The molecule has 0 fully saturated rings. The van der Waals surface area contributed by atoms with Crippen LogP contribution < -0.4 is 11.1 Å². The lowest BCUT2D eigenvalue weighted by molar-refractivity contribution is -0.137. The Morgan fingerprint density at radius 2 is 1.95 bits per heavy atom. The van der Waals surface area contributed by atoms with E-state index in [4.69, 9.17) is 17.3 Å². The van der Waals surface area contributed by atoms with E-state index in [-0.39, 0.29) is 16.6 Å². The van der Waals surface area contributed by atoms with Gasteiger partial charge in [0.1, 0.15) is 0 Å². The van der Waals surface area contributed by atoms with Crippen LogP contribution in [0.25, 0.3) is 0 Å². The summed E-state index contributed by atoms with van der Waals surface area (Å²) in [6.45, 7) is 3.79. The van der Waals surface area contributed by atoms with E-state index < -0.39 is 23.7 Å². The van der Waals surface area contributed by atoms with Crippen LogP contribution in [0, 0.1) is 5.92 Å². The fourth-order valence-corrected chi connectivity index (χ4v) is 1.91. The summed E-state index contributed by atoms with van der Waals surface area (Å²) in [5.74, 6) is -0.324. The number of hydrogen-bond acceptors (Lipinski definition) is 2. The van der Waals surface area contributed by atoms with Gasteiger partial charge in [0.25, 0.3) is 0 Å². The van der Waals surface area contributed by atoms with Gasteiger partial charge in [-0.15, -0.1) is 0 Å². The predicted octanol–water partition coefficient (Wildman–Crippen LogP) is 3.67. The van der Waals surface area contributed by atoms with Gasteiger partial charge in [-0.3, -0.25) is 4.79 Å². The van der Waals surface area contributed by atoms with Crippen molar-refractivity contribution in [2.24, 2.45) is 11.7 Å². The minimum absolute atomic E-state index is 0.0194. The third-order valence-electron chi connectivity index (χ3n) is 2.55. The van der Waals surface area contributed by atoms with E-state index in [0.717, 1.165) is 12.1 Å². The molecule has 1 rings (SSSR count). The molecule has 1 unspecified atom stereocenters. The number of benzene rings is 1. The minimum atomic E-state index is -4.52. The Morgan fingerprint density at radius 3 is 2.45 bits per heavy atom. The van der Waals surface area contributed by atoms with E-state index in [1.54, 1.807) is 0 Å². The second-order valence-electron chi connectivity index (χ2n) is 4.95. The lowest BCUT2D eigenvalue weighted by Gasteiger charge is -2.15. The molecule has 0 heterocycles. The van der Waals surface area contributed by atoms with Gasteiger partial charge in [-0.2, -0.15) is 13.2 Å². The molecule has 3 N–H and O–H groups in total. The number of nitrogens with two attached hydrogens (primary N) is 1. The van der Waals surface area contributed by atoms with E-state index in [1.165, 1.54) is 6.07 Å². The SMILES string of the molecule is CC(C)CC(N)C(=O)Nc1cc(Cl)cc(C(F)(F)F)c1. The topological polar surface area (TPSA) is 55.1 Å². The Hall–Kier alpha value is -1.27.